The van der Waals surface area contributed by atoms with Gasteiger partial charge in [0.2, 0.25) is 0 Å². The Hall–Kier alpha value is -3.66. The van der Waals surface area contributed by atoms with Crippen molar-refractivity contribution in [2.45, 2.75) is 39.2 Å². The molecular weight excluding hydrogens is 408 g/mol. The molecule has 1 heterocycles. The lowest BCUT2D eigenvalue weighted by molar-refractivity contribution is 0.0941. The van der Waals surface area contributed by atoms with Crippen LogP contribution in [0, 0.1) is 0 Å². The fourth-order valence-electron chi connectivity index (χ4n) is 3.99. The number of para-hydroxylation sites is 2. The Bertz CT molecular complexity index is 1290. The molecule has 4 rings (SSSR count). The number of carbonyl (C=O) groups is 1. The van der Waals surface area contributed by atoms with Crippen LogP contribution in [-0.4, -0.2) is 18.0 Å². The number of hydrogen-bond acceptors (Lipinski definition) is 3. The Kier molecular flexibility index (Phi) is 6.19. The van der Waals surface area contributed by atoms with Crippen molar-refractivity contribution in [3.8, 4) is 17.0 Å². The first kappa shape index (κ1) is 22.5. The zero-order valence-corrected chi connectivity index (χ0v) is 19.8. The van der Waals surface area contributed by atoms with E-state index in [0.29, 0.717) is 11.3 Å². The second kappa shape index (κ2) is 9.07. The molecule has 168 valence electrons. The van der Waals surface area contributed by atoms with Crippen molar-refractivity contribution < 1.29 is 9.53 Å². The first-order valence-electron chi connectivity index (χ1n) is 11.2. The highest BCUT2D eigenvalue weighted by Crippen LogP contribution is 2.31. The molecule has 4 nitrogen and oxygen atoms in total. The standard InChI is InChI=1S/C29H30N2O2/c1-19(20-14-16-21(17-15-20)29(2,3)4)30-28(32)24-18-26(23-11-7-9-13-27(23)33-5)31-25-12-8-6-10-22(24)25/h6-19H,1-5H3,(H,30,32). The Balaban J connectivity index is 1.69. The summed E-state index contributed by atoms with van der Waals surface area (Å²) in [5, 5.41) is 4.00. The van der Waals surface area contributed by atoms with Crippen LogP contribution in [0.4, 0.5) is 0 Å². The third kappa shape index (κ3) is 4.75. The minimum atomic E-state index is -0.131. The van der Waals surface area contributed by atoms with Gasteiger partial charge < -0.3 is 10.1 Å². The molecule has 0 aliphatic carbocycles. The van der Waals surface area contributed by atoms with Crippen molar-refractivity contribution >= 4 is 16.8 Å². The molecule has 1 N–H and O–H groups in total. The fourth-order valence-corrected chi connectivity index (χ4v) is 3.99. The van der Waals surface area contributed by atoms with E-state index >= 15 is 0 Å². The van der Waals surface area contributed by atoms with E-state index in [2.05, 4.69) is 50.4 Å². The van der Waals surface area contributed by atoms with Crippen molar-refractivity contribution in [1.82, 2.24) is 10.3 Å². The molecule has 3 aromatic carbocycles. The zero-order valence-electron chi connectivity index (χ0n) is 19.8. The van der Waals surface area contributed by atoms with E-state index in [4.69, 9.17) is 9.72 Å². The predicted molar refractivity (Wildman–Crippen MR) is 135 cm³/mol. The lowest BCUT2D eigenvalue weighted by Crippen LogP contribution is -2.27. The molecule has 1 atom stereocenters. The third-order valence-electron chi connectivity index (χ3n) is 5.97. The number of carbonyl (C=O) groups excluding carboxylic acids is 1. The molecule has 0 fully saturated rings. The SMILES string of the molecule is COc1ccccc1-c1cc(C(=O)NC(C)c2ccc(C(C)(C)C)cc2)c2ccccc2n1. The van der Waals surface area contributed by atoms with Crippen molar-refractivity contribution in [2.75, 3.05) is 7.11 Å². The topological polar surface area (TPSA) is 51.2 Å². The van der Waals surface area contributed by atoms with Gasteiger partial charge in [0, 0.05) is 10.9 Å². The van der Waals surface area contributed by atoms with Gasteiger partial charge in [0.25, 0.3) is 5.91 Å². The minimum absolute atomic E-state index is 0.0931. The first-order chi connectivity index (χ1) is 15.8. The molecule has 4 aromatic rings. The lowest BCUT2D eigenvalue weighted by Gasteiger charge is -2.21. The second-order valence-electron chi connectivity index (χ2n) is 9.34. The molecule has 0 saturated heterocycles. The lowest BCUT2D eigenvalue weighted by atomic mass is 9.86. The maximum absolute atomic E-state index is 13.4. The summed E-state index contributed by atoms with van der Waals surface area (Å²) in [7, 11) is 1.64. The Morgan fingerprint density at radius 2 is 1.61 bits per heavy atom. The van der Waals surface area contributed by atoms with Gasteiger partial charge in [0.05, 0.1) is 29.9 Å². The van der Waals surface area contributed by atoms with E-state index in [-0.39, 0.29) is 17.4 Å². The minimum Gasteiger partial charge on any atom is -0.496 e. The average Bonchev–Trinajstić information content (AvgIpc) is 2.82. The van der Waals surface area contributed by atoms with E-state index in [1.807, 2.05) is 61.5 Å². The number of fused-ring (bicyclic) bond motifs is 1. The number of nitrogens with one attached hydrogen (secondary N) is 1. The maximum atomic E-state index is 13.4. The number of methoxy groups -OCH3 is 1. The number of aromatic nitrogens is 1. The van der Waals surface area contributed by atoms with E-state index in [1.165, 1.54) is 5.56 Å². The van der Waals surface area contributed by atoms with Gasteiger partial charge in [-0.25, -0.2) is 4.98 Å². The Morgan fingerprint density at radius 1 is 0.939 bits per heavy atom. The van der Waals surface area contributed by atoms with Crippen molar-refractivity contribution in [1.29, 1.82) is 0 Å². The number of benzene rings is 3. The van der Waals surface area contributed by atoms with Gasteiger partial charge >= 0.3 is 0 Å². The number of hydrogen-bond donors (Lipinski definition) is 1. The number of pyridine rings is 1. The van der Waals surface area contributed by atoms with Crippen LogP contribution >= 0.6 is 0 Å². The fraction of sp³-hybridized carbons (Fsp3) is 0.241. The predicted octanol–water partition coefficient (Wildman–Crippen LogP) is 6.70. The van der Waals surface area contributed by atoms with Crippen LogP contribution in [0.2, 0.25) is 0 Å². The molecule has 1 aromatic heterocycles. The monoisotopic (exact) mass is 438 g/mol. The second-order valence-corrected chi connectivity index (χ2v) is 9.34. The largest absolute Gasteiger partial charge is 0.496 e. The summed E-state index contributed by atoms with van der Waals surface area (Å²) in [5.41, 5.74) is 5.36. The highest BCUT2D eigenvalue weighted by Gasteiger charge is 2.19. The number of nitrogens with zero attached hydrogens (tertiary/aromatic N) is 1. The summed E-state index contributed by atoms with van der Waals surface area (Å²) in [6.07, 6.45) is 0. The van der Waals surface area contributed by atoms with Gasteiger partial charge in [-0.2, -0.15) is 0 Å². The van der Waals surface area contributed by atoms with Gasteiger partial charge in [-0.1, -0.05) is 75.4 Å². The molecule has 0 bridgehead atoms. The Morgan fingerprint density at radius 3 is 2.30 bits per heavy atom. The highest BCUT2D eigenvalue weighted by molar-refractivity contribution is 6.07. The molecule has 0 radical (unpaired) electrons. The maximum Gasteiger partial charge on any atom is 0.252 e. The van der Waals surface area contributed by atoms with Gasteiger partial charge in [-0.05, 0) is 47.7 Å². The molecule has 1 unspecified atom stereocenters. The van der Waals surface area contributed by atoms with Gasteiger partial charge in [-0.15, -0.1) is 0 Å². The van der Waals surface area contributed by atoms with E-state index in [0.717, 1.165) is 27.8 Å². The van der Waals surface area contributed by atoms with Gasteiger partial charge in [-0.3, -0.25) is 4.79 Å². The summed E-state index contributed by atoms with van der Waals surface area (Å²) in [6.45, 7) is 8.59. The van der Waals surface area contributed by atoms with Gasteiger partial charge in [0.15, 0.2) is 0 Å². The van der Waals surface area contributed by atoms with Crippen LogP contribution in [0.1, 0.15) is 55.2 Å². The molecule has 0 saturated carbocycles. The number of amides is 1. The molecule has 4 heteroatoms. The summed E-state index contributed by atoms with van der Waals surface area (Å²) >= 11 is 0. The summed E-state index contributed by atoms with van der Waals surface area (Å²) in [5.74, 6) is 0.594. The normalized spacial score (nSPS) is 12.4. The summed E-state index contributed by atoms with van der Waals surface area (Å²) in [6, 6.07) is 25.6. The van der Waals surface area contributed by atoms with Gasteiger partial charge in [0.1, 0.15) is 5.75 Å². The smallest absolute Gasteiger partial charge is 0.252 e. The zero-order chi connectivity index (χ0) is 23.6. The summed E-state index contributed by atoms with van der Waals surface area (Å²) in [4.78, 5) is 18.2. The van der Waals surface area contributed by atoms with E-state index in [9.17, 15) is 4.79 Å². The molecule has 33 heavy (non-hydrogen) atoms. The molecule has 0 aliphatic rings. The average molecular weight is 439 g/mol. The van der Waals surface area contributed by atoms with Crippen LogP contribution in [0.5, 0.6) is 5.75 Å². The van der Waals surface area contributed by atoms with Crippen molar-refractivity contribution in [3.63, 3.8) is 0 Å². The third-order valence-corrected chi connectivity index (χ3v) is 5.97. The van der Waals surface area contributed by atoms with Crippen LogP contribution in [0.25, 0.3) is 22.2 Å². The molecular formula is C29H30N2O2. The quantitative estimate of drug-likeness (QED) is 0.377. The van der Waals surface area contributed by atoms with Crippen LogP contribution in [-0.2, 0) is 5.41 Å². The Labute approximate surface area is 195 Å². The number of ether oxygens (including phenoxy) is 1. The first-order valence-corrected chi connectivity index (χ1v) is 11.2. The van der Waals surface area contributed by atoms with Crippen molar-refractivity contribution in [2.24, 2.45) is 0 Å². The highest BCUT2D eigenvalue weighted by atomic mass is 16.5. The molecule has 0 spiro atoms. The van der Waals surface area contributed by atoms with Crippen LogP contribution < -0.4 is 10.1 Å². The van der Waals surface area contributed by atoms with E-state index in [1.54, 1.807) is 7.11 Å². The summed E-state index contributed by atoms with van der Waals surface area (Å²) < 4.78 is 5.53. The van der Waals surface area contributed by atoms with Crippen molar-refractivity contribution in [3.05, 3.63) is 95.6 Å². The van der Waals surface area contributed by atoms with Crippen LogP contribution in [0.3, 0.4) is 0 Å². The number of rotatable bonds is 5. The van der Waals surface area contributed by atoms with Crippen LogP contribution in [0.15, 0.2) is 78.9 Å². The molecule has 0 aliphatic heterocycles. The molecule has 1 amide bonds. The van der Waals surface area contributed by atoms with E-state index < -0.39 is 0 Å².